The molecular formula is C20H16ClN3O4. The number of hydrazone groups is 1. The zero-order valence-electron chi connectivity index (χ0n) is 14.7. The van der Waals surface area contributed by atoms with Crippen molar-refractivity contribution in [2.24, 2.45) is 10.5 Å². The Hall–Kier alpha value is -3.19. The number of esters is 1. The summed E-state index contributed by atoms with van der Waals surface area (Å²) in [7, 11) is 0. The fourth-order valence-corrected chi connectivity index (χ4v) is 3.60. The molecule has 0 saturated carbocycles. The number of carbonyl (C=O) groups excluding carboxylic acids is 3. The highest BCUT2D eigenvalue weighted by Crippen LogP contribution is 2.39. The van der Waals surface area contributed by atoms with Crippen LogP contribution < -0.4 is 10.3 Å². The second-order valence-electron chi connectivity index (χ2n) is 6.63. The van der Waals surface area contributed by atoms with Crippen LogP contribution in [0.5, 0.6) is 0 Å². The molecule has 0 radical (unpaired) electrons. The van der Waals surface area contributed by atoms with Crippen molar-refractivity contribution >= 4 is 40.8 Å². The first-order chi connectivity index (χ1) is 13.5. The lowest BCUT2D eigenvalue weighted by Crippen LogP contribution is -2.45. The molecule has 0 aromatic heterocycles. The van der Waals surface area contributed by atoms with Gasteiger partial charge in [0, 0.05) is 11.4 Å². The van der Waals surface area contributed by atoms with E-state index in [1.54, 1.807) is 18.2 Å². The van der Waals surface area contributed by atoms with Crippen molar-refractivity contribution in [3.05, 3.63) is 65.2 Å². The maximum absolute atomic E-state index is 13.2. The first kappa shape index (κ1) is 18.2. The number of nitrogens with zero attached hydrogens (tertiary/aromatic N) is 2. The topological polar surface area (TPSA) is 88.1 Å². The van der Waals surface area contributed by atoms with Gasteiger partial charge in [-0.05, 0) is 23.8 Å². The summed E-state index contributed by atoms with van der Waals surface area (Å²) in [4.78, 5) is 39.5. The van der Waals surface area contributed by atoms with Gasteiger partial charge >= 0.3 is 5.97 Å². The Bertz CT molecular complexity index is 992. The van der Waals surface area contributed by atoms with E-state index in [4.69, 9.17) is 16.3 Å². The average molecular weight is 398 g/mol. The van der Waals surface area contributed by atoms with Crippen LogP contribution in [-0.4, -0.2) is 30.0 Å². The standard InChI is InChI=1S/C20H16ClN3O4/c21-14-7-4-8-15(9-14)24-16(25)10-20(19(24)27)12-22-23-17(20)18(26)28-11-13-5-2-1-3-6-13/h1-9,22H,10-12H2. The van der Waals surface area contributed by atoms with Crippen LogP contribution >= 0.6 is 11.6 Å². The Morgan fingerprint density at radius 3 is 2.71 bits per heavy atom. The molecule has 4 rings (SSSR count). The molecule has 7 nitrogen and oxygen atoms in total. The molecule has 1 atom stereocenters. The molecule has 2 heterocycles. The monoisotopic (exact) mass is 397 g/mol. The predicted octanol–water partition coefficient (Wildman–Crippen LogP) is 2.29. The average Bonchev–Trinajstić information content (AvgIpc) is 3.22. The number of imide groups is 1. The molecule has 142 valence electrons. The van der Waals surface area contributed by atoms with Gasteiger partial charge in [-0.15, -0.1) is 0 Å². The van der Waals surface area contributed by atoms with Crippen LogP contribution in [0.25, 0.3) is 0 Å². The molecule has 2 aliphatic heterocycles. The van der Waals surface area contributed by atoms with Gasteiger partial charge < -0.3 is 10.2 Å². The number of hydrogen-bond acceptors (Lipinski definition) is 6. The second kappa shape index (κ2) is 7.09. The van der Waals surface area contributed by atoms with E-state index in [0.29, 0.717) is 10.7 Å². The lowest BCUT2D eigenvalue weighted by atomic mass is 9.81. The van der Waals surface area contributed by atoms with Crippen LogP contribution in [0.1, 0.15) is 12.0 Å². The number of halogens is 1. The van der Waals surface area contributed by atoms with Crippen molar-refractivity contribution in [1.29, 1.82) is 0 Å². The third kappa shape index (κ3) is 3.03. The van der Waals surface area contributed by atoms with Gasteiger partial charge in [-0.1, -0.05) is 48.0 Å². The van der Waals surface area contributed by atoms with E-state index < -0.39 is 23.2 Å². The van der Waals surface area contributed by atoms with E-state index in [-0.39, 0.29) is 25.3 Å². The number of nitrogens with one attached hydrogen (secondary N) is 1. The molecule has 0 bridgehead atoms. The summed E-state index contributed by atoms with van der Waals surface area (Å²) in [6, 6.07) is 15.6. The molecule has 1 fully saturated rings. The first-order valence-electron chi connectivity index (χ1n) is 8.66. The maximum atomic E-state index is 13.2. The van der Waals surface area contributed by atoms with Gasteiger partial charge in [0.25, 0.3) is 0 Å². The normalized spacial score (nSPS) is 21.0. The smallest absolute Gasteiger partial charge is 0.356 e. The summed E-state index contributed by atoms with van der Waals surface area (Å²) in [5, 5.41) is 4.38. The fraction of sp³-hybridized carbons (Fsp3) is 0.200. The van der Waals surface area contributed by atoms with Crippen LogP contribution in [0.3, 0.4) is 0 Å². The summed E-state index contributed by atoms with van der Waals surface area (Å²) in [5.74, 6) is -1.65. The lowest BCUT2D eigenvalue weighted by Gasteiger charge is -2.21. The molecule has 2 aliphatic rings. The molecule has 28 heavy (non-hydrogen) atoms. The molecule has 1 spiro atoms. The van der Waals surface area contributed by atoms with Crippen molar-refractivity contribution in [2.45, 2.75) is 13.0 Å². The van der Waals surface area contributed by atoms with E-state index in [9.17, 15) is 14.4 Å². The molecule has 0 aliphatic carbocycles. The highest BCUT2D eigenvalue weighted by Gasteiger charge is 2.59. The van der Waals surface area contributed by atoms with Crippen molar-refractivity contribution < 1.29 is 19.1 Å². The van der Waals surface area contributed by atoms with Crippen LogP contribution in [0, 0.1) is 5.41 Å². The van der Waals surface area contributed by atoms with Gasteiger partial charge in [-0.3, -0.25) is 9.59 Å². The third-order valence-electron chi connectivity index (χ3n) is 4.81. The summed E-state index contributed by atoms with van der Waals surface area (Å²) in [5.41, 5.74) is 2.41. The van der Waals surface area contributed by atoms with Crippen LogP contribution in [0.15, 0.2) is 59.7 Å². The maximum Gasteiger partial charge on any atom is 0.356 e. The molecular weight excluding hydrogens is 382 g/mol. The second-order valence-corrected chi connectivity index (χ2v) is 7.07. The Balaban J connectivity index is 1.57. The van der Waals surface area contributed by atoms with E-state index in [2.05, 4.69) is 10.5 Å². The molecule has 1 saturated heterocycles. The minimum absolute atomic E-state index is 0.0505. The Morgan fingerprint density at radius 2 is 1.96 bits per heavy atom. The van der Waals surface area contributed by atoms with Gasteiger partial charge in [0.05, 0.1) is 12.2 Å². The molecule has 2 amide bonds. The minimum atomic E-state index is -1.37. The van der Waals surface area contributed by atoms with Crippen molar-refractivity contribution in [1.82, 2.24) is 5.43 Å². The highest BCUT2D eigenvalue weighted by molar-refractivity contribution is 6.47. The Labute approximate surface area is 165 Å². The Morgan fingerprint density at radius 1 is 1.18 bits per heavy atom. The first-order valence-corrected chi connectivity index (χ1v) is 9.04. The molecule has 2 aromatic carbocycles. The molecule has 8 heteroatoms. The van der Waals surface area contributed by atoms with Gasteiger partial charge in [0.2, 0.25) is 11.8 Å². The minimum Gasteiger partial charge on any atom is -0.456 e. The van der Waals surface area contributed by atoms with Crippen molar-refractivity contribution in [2.75, 3.05) is 11.4 Å². The van der Waals surface area contributed by atoms with E-state index in [1.165, 1.54) is 6.07 Å². The zero-order chi connectivity index (χ0) is 19.7. The molecule has 1 N–H and O–H groups in total. The highest BCUT2D eigenvalue weighted by atomic mass is 35.5. The van der Waals surface area contributed by atoms with Crippen molar-refractivity contribution in [3.8, 4) is 0 Å². The predicted molar refractivity (Wildman–Crippen MR) is 103 cm³/mol. The van der Waals surface area contributed by atoms with E-state index in [1.807, 2.05) is 30.3 Å². The van der Waals surface area contributed by atoms with Gasteiger partial charge in [-0.25, -0.2) is 9.69 Å². The van der Waals surface area contributed by atoms with Gasteiger partial charge in [-0.2, -0.15) is 5.10 Å². The summed E-state index contributed by atoms with van der Waals surface area (Å²) in [6.07, 6.45) is -0.162. The van der Waals surface area contributed by atoms with E-state index >= 15 is 0 Å². The number of rotatable bonds is 4. The van der Waals surface area contributed by atoms with Crippen LogP contribution in [-0.2, 0) is 25.7 Å². The lowest BCUT2D eigenvalue weighted by molar-refractivity contribution is -0.138. The molecule has 2 aromatic rings. The van der Waals surface area contributed by atoms with Gasteiger partial charge in [0.15, 0.2) is 5.71 Å². The molecule has 1 unspecified atom stereocenters. The number of amides is 2. The van der Waals surface area contributed by atoms with Gasteiger partial charge in [0.1, 0.15) is 12.0 Å². The summed E-state index contributed by atoms with van der Waals surface area (Å²) < 4.78 is 5.33. The Kier molecular flexibility index (Phi) is 4.60. The third-order valence-corrected chi connectivity index (χ3v) is 5.05. The van der Waals surface area contributed by atoms with Crippen LogP contribution in [0.4, 0.5) is 5.69 Å². The largest absolute Gasteiger partial charge is 0.456 e. The summed E-state index contributed by atoms with van der Waals surface area (Å²) >= 11 is 5.99. The van der Waals surface area contributed by atoms with Crippen LogP contribution in [0.2, 0.25) is 5.02 Å². The SMILES string of the molecule is O=C(OCc1ccccc1)C1=NNCC12CC(=O)N(c1cccc(Cl)c1)C2=O. The summed E-state index contributed by atoms with van der Waals surface area (Å²) in [6.45, 7) is 0.110. The van der Waals surface area contributed by atoms with Crippen molar-refractivity contribution in [3.63, 3.8) is 0 Å². The number of anilines is 1. The van der Waals surface area contributed by atoms with E-state index in [0.717, 1.165) is 10.5 Å². The number of carbonyl (C=O) groups is 3. The number of ether oxygens (including phenoxy) is 1. The number of hydrogen-bond donors (Lipinski definition) is 1. The quantitative estimate of drug-likeness (QED) is 0.631. The zero-order valence-corrected chi connectivity index (χ0v) is 15.5. The number of benzene rings is 2. The fourth-order valence-electron chi connectivity index (χ4n) is 3.42.